The fourth-order valence-corrected chi connectivity index (χ4v) is 0.934. The highest BCUT2D eigenvalue weighted by atomic mass is 16.3. The van der Waals surface area contributed by atoms with Crippen molar-refractivity contribution in [2.45, 2.75) is 20.0 Å². The Kier molecular flexibility index (Phi) is 2.40. The van der Waals surface area contributed by atoms with E-state index in [9.17, 15) is 0 Å². The number of pyridine rings is 1. The third-order valence-electron chi connectivity index (χ3n) is 1.49. The Bertz CT molecular complexity index is 187. The van der Waals surface area contributed by atoms with Crippen molar-refractivity contribution in [3.05, 3.63) is 29.6 Å². The zero-order valence-corrected chi connectivity index (χ0v) is 6.04. The Labute approximate surface area is 60.5 Å². The minimum absolute atomic E-state index is 0.0943. The summed E-state index contributed by atoms with van der Waals surface area (Å²) in [5, 5.41) is 8.81. The van der Waals surface area contributed by atoms with Gasteiger partial charge in [-0.05, 0) is 18.1 Å². The third-order valence-corrected chi connectivity index (χ3v) is 1.49. The molecule has 0 spiro atoms. The summed E-state index contributed by atoms with van der Waals surface area (Å²) in [4.78, 5) is 4.11. The molecule has 0 saturated carbocycles. The van der Waals surface area contributed by atoms with E-state index < -0.39 is 0 Å². The fraction of sp³-hybridized carbons (Fsp3) is 0.375. The second-order valence-corrected chi connectivity index (χ2v) is 2.12. The number of aromatic nitrogens is 1. The average molecular weight is 137 g/mol. The molecule has 0 atom stereocenters. The second kappa shape index (κ2) is 3.32. The third kappa shape index (κ3) is 1.33. The predicted molar refractivity (Wildman–Crippen MR) is 39.5 cm³/mol. The number of hydrogen-bond donors (Lipinski definition) is 1. The molecule has 0 radical (unpaired) electrons. The molecule has 2 nitrogen and oxygen atoms in total. The lowest BCUT2D eigenvalue weighted by Gasteiger charge is -2.00. The number of nitrogens with zero attached hydrogens (tertiary/aromatic N) is 1. The van der Waals surface area contributed by atoms with Crippen molar-refractivity contribution >= 4 is 0 Å². The predicted octanol–water partition coefficient (Wildman–Crippen LogP) is 1.14. The summed E-state index contributed by atoms with van der Waals surface area (Å²) >= 11 is 0. The number of aliphatic hydroxyl groups excluding tert-OH is 1. The maximum Gasteiger partial charge on any atom is 0.0699 e. The lowest BCUT2D eigenvalue weighted by molar-refractivity contribution is 0.280. The van der Waals surface area contributed by atoms with Gasteiger partial charge in [-0.15, -0.1) is 0 Å². The van der Waals surface area contributed by atoms with Gasteiger partial charge in [0.25, 0.3) is 0 Å². The van der Waals surface area contributed by atoms with Gasteiger partial charge in [0.05, 0.1) is 6.61 Å². The molecule has 1 heterocycles. The number of rotatable bonds is 2. The maximum absolute atomic E-state index is 8.81. The summed E-state index contributed by atoms with van der Waals surface area (Å²) in [5.41, 5.74) is 1.93. The van der Waals surface area contributed by atoms with Crippen LogP contribution < -0.4 is 0 Å². The zero-order valence-electron chi connectivity index (χ0n) is 6.04. The summed E-state index contributed by atoms with van der Waals surface area (Å²) in [7, 11) is 0. The highest BCUT2D eigenvalue weighted by molar-refractivity contribution is 5.18. The van der Waals surface area contributed by atoms with Gasteiger partial charge >= 0.3 is 0 Å². The smallest absolute Gasteiger partial charge is 0.0699 e. The highest BCUT2D eigenvalue weighted by Crippen LogP contribution is 2.04. The van der Waals surface area contributed by atoms with E-state index in [4.69, 9.17) is 5.11 Å². The van der Waals surface area contributed by atoms with Gasteiger partial charge < -0.3 is 5.11 Å². The molecule has 10 heavy (non-hydrogen) atoms. The minimum Gasteiger partial charge on any atom is -0.392 e. The van der Waals surface area contributed by atoms with E-state index in [1.165, 1.54) is 0 Å². The van der Waals surface area contributed by atoms with E-state index in [0.29, 0.717) is 0 Å². The van der Waals surface area contributed by atoms with E-state index >= 15 is 0 Å². The Morgan fingerprint density at radius 1 is 1.60 bits per heavy atom. The highest BCUT2D eigenvalue weighted by Gasteiger charge is 1.96. The van der Waals surface area contributed by atoms with Crippen LogP contribution in [0.15, 0.2) is 18.3 Å². The molecular weight excluding hydrogens is 126 g/mol. The molecule has 0 aliphatic rings. The molecule has 0 fully saturated rings. The first-order valence-corrected chi connectivity index (χ1v) is 3.42. The van der Waals surface area contributed by atoms with E-state index in [0.717, 1.165) is 17.7 Å². The molecule has 1 aromatic rings. The van der Waals surface area contributed by atoms with Gasteiger partial charge in [0.15, 0.2) is 0 Å². The van der Waals surface area contributed by atoms with Crippen LogP contribution in [0.25, 0.3) is 0 Å². The number of aliphatic hydroxyl groups is 1. The Morgan fingerprint density at radius 3 is 2.90 bits per heavy atom. The second-order valence-electron chi connectivity index (χ2n) is 2.12. The topological polar surface area (TPSA) is 33.1 Å². The van der Waals surface area contributed by atoms with Gasteiger partial charge in [-0.3, -0.25) is 4.98 Å². The number of hydrogen-bond acceptors (Lipinski definition) is 2. The quantitative estimate of drug-likeness (QED) is 0.663. The normalized spacial score (nSPS) is 9.80. The first-order chi connectivity index (χ1) is 4.88. The Balaban J connectivity index is 2.96. The van der Waals surface area contributed by atoms with Crippen molar-refractivity contribution in [2.24, 2.45) is 0 Å². The molecule has 1 N–H and O–H groups in total. The van der Waals surface area contributed by atoms with Gasteiger partial charge in [-0.2, -0.15) is 0 Å². The lowest BCUT2D eigenvalue weighted by atomic mass is 10.2. The summed E-state index contributed by atoms with van der Waals surface area (Å²) in [5.74, 6) is 0. The number of aryl methyl sites for hydroxylation is 1. The maximum atomic E-state index is 8.81. The van der Waals surface area contributed by atoms with Crippen LogP contribution in [0.2, 0.25) is 0 Å². The molecule has 0 bridgehead atoms. The van der Waals surface area contributed by atoms with Crippen molar-refractivity contribution in [3.8, 4) is 0 Å². The minimum atomic E-state index is 0.0943. The van der Waals surface area contributed by atoms with E-state index in [-0.39, 0.29) is 6.61 Å². The van der Waals surface area contributed by atoms with E-state index in [2.05, 4.69) is 4.98 Å². The molecule has 0 unspecified atom stereocenters. The van der Waals surface area contributed by atoms with Gasteiger partial charge in [0.2, 0.25) is 0 Å². The molecule has 0 aliphatic carbocycles. The van der Waals surface area contributed by atoms with Crippen molar-refractivity contribution in [3.63, 3.8) is 0 Å². The summed E-state index contributed by atoms with van der Waals surface area (Å²) < 4.78 is 0. The standard InChI is InChI=1S/C8H11NO/c1-2-8-7(6-10)4-3-5-9-8/h3-5,10H,2,6H2,1H3. The van der Waals surface area contributed by atoms with Crippen molar-refractivity contribution < 1.29 is 5.11 Å². The molecule has 54 valence electrons. The van der Waals surface area contributed by atoms with Crippen molar-refractivity contribution in [1.82, 2.24) is 4.98 Å². The molecule has 2 heteroatoms. The van der Waals surface area contributed by atoms with Gasteiger partial charge in [0, 0.05) is 11.9 Å². The van der Waals surface area contributed by atoms with Gasteiger partial charge in [-0.25, -0.2) is 0 Å². The molecule has 0 saturated heterocycles. The summed E-state index contributed by atoms with van der Waals surface area (Å²) in [6.07, 6.45) is 2.63. The van der Waals surface area contributed by atoms with E-state index in [1.54, 1.807) is 6.20 Å². The van der Waals surface area contributed by atoms with Crippen LogP contribution in [0.3, 0.4) is 0 Å². The van der Waals surface area contributed by atoms with Crippen LogP contribution in [-0.4, -0.2) is 10.1 Å². The van der Waals surface area contributed by atoms with Gasteiger partial charge in [-0.1, -0.05) is 13.0 Å². The SMILES string of the molecule is CCc1ncccc1CO. The summed E-state index contributed by atoms with van der Waals surface area (Å²) in [6, 6.07) is 3.73. The van der Waals surface area contributed by atoms with Crippen LogP contribution in [0.1, 0.15) is 18.2 Å². The van der Waals surface area contributed by atoms with Crippen LogP contribution in [0.4, 0.5) is 0 Å². The van der Waals surface area contributed by atoms with E-state index in [1.807, 2.05) is 19.1 Å². The van der Waals surface area contributed by atoms with Crippen molar-refractivity contribution in [1.29, 1.82) is 0 Å². The molecule has 0 aliphatic heterocycles. The molecular formula is C8H11NO. The van der Waals surface area contributed by atoms with Gasteiger partial charge in [0.1, 0.15) is 0 Å². The molecule has 0 aromatic carbocycles. The Morgan fingerprint density at radius 2 is 2.40 bits per heavy atom. The zero-order chi connectivity index (χ0) is 7.40. The van der Waals surface area contributed by atoms with Crippen molar-refractivity contribution in [2.75, 3.05) is 0 Å². The molecule has 1 rings (SSSR count). The van der Waals surface area contributed by atoms with Crippen LogP contribution >= 0.6 is 0 Å². The van der Waals surface area contributed by atoms with Crippen LogP contribution in [0, 0.1) is 0 Å². The fourth-order valence-electron chi connectivity index (χ4n) is 0.934. The largest absolute Gasteiger partial charge is 0.392 e. The first kappa shape index (κ1) is 7.22. The average Bonchev–Trinajstić information content (AvgIpc) is 2.04. The summed E-state index contributed by atoms with van der Waals surface area (Å²) in [6.45, 7) is 2.12. The van der Waals surface area contributed by atoms with Crippen LogP contribution in [-0.2, 0) is 13.0 Å². The molecule has 0 amide bonds. The monoisotopic (exact) mass is 137 g/mol. The first-order valence-electron chi connectivity index (χ1n) is 3.42. The Hall–Kier alpha value is -0.890. The lowest BCUT2D eigenvalue weighted by Crippen LogP contribution is -1.94. The van der Waals surface area contributed by atoms with Crippen LogP contribution in [0.5, 0.6) is 0 Å². The molecule has 1 aromatic heterocycles.